The second kappa shape index (κ2) is 5.42. The normalized spacial score (nSPS) is 27.2. The van der Waals surface area contributed by atoms with Gasteiger partial charge in [-0.2, -0.15) is 13.2 Å². The van der Waals surface area contributed by atoms with Crippen LogP contribution in [0.2, 0.25) is 0 Å². The number of carbonyl (C=O) groups excluding carboxylic acids is 1. The lowest BCUT2D eigenvalue weighted by Crippen LogP contribution is -2.35. The summed E-state index contributed by atoms with van der Waals surface area (Å²) in [6.07, 6.45) is -2.49. The smallest absolute Gasteiger partial charge is 0.376 e. The first-order valence-electron chi connectivity index (χ1n) is 5.43. The average Bonchev–Trinajstić information content (AvgIpc) is 2.13. The zero-order valence-corrected chi connectivity index (χ0v) is 11.3. The predicted molar refractivity (Wildman–Crippen MR) is 62.6 cm³/mol. The molecule has 0 aromatic rings. The Morgan fingerprint density at radius 3 is 2.18 bits per heavy atom. The van der Waals surface area contributed by atoms with Crippen LogP contribution in [0.25, 0.3) is 0 Å². The maximum absolute atomic E-state index is 12.2. The number of ketones is 1. The standard InChI is InChI=1S/C11H15BrF3NO/c1-7-3-8(2)5-16(4-7)6-9(12)10(17)11(13,14)15/h6-8H,3-5H2,1-2H3/t7-,8-/m1/s1. The van der Waals surface area contributed by atoms with Gasteiger partial charge in [0.1, 0.15) is 0 Å². The fraction of sp³-hybridized carbons (Fsp3) is 0.727. The molecule has 0 N–H and O–H groups in total. The van der Waals surface area contributed by atoms with E-state index in [4.69, 9.17) is 0 Å². The lowest BCUT2D eigenvalue weighted by Gasteiger charge is -2.34. The Hall–Kier alpha value is -0.520. The van der Waals surface area contributed by atoms with E-state index >= 15 is 0 Å². The van der Waals surface area contributed by atoms with E-state index in [-0.39, 0.29) is 0 Å². The minimum Gasteiger partial charge on any atom is -0.376 e. The number of hydrogen-bond acceptors (Lipinski definition) is 2. The van der Waals surface area contributed by atoms with Crippen LogP contribution in [0.4, 0.5) is 13.2 Å². The number of Topliss-reactive ketones (excluding diaryl/α,β-unsaturated/α-hetero) is 1. The van der Waals surface area contributed by atoms with Crippen molar-refractivity contribution in [3.05, 3.63) is 10.7 Å². The maximum atomic E-state index is 12.2. The van der Waals surface area contributed by atoms with Crippen LogP contribution >= 0.6 is 15.9 Å². The largest absolute Gasteiger partial charge is 0.455 e. The van der Waals surface area contributed by atoms with E-state index in [1.54, 1.807) is 4.90 Å². The molecule has 0 radical (unpaired) electrons. The number of rotatable bonds is 2. The molecule has 0 aromatic carbocycles. The van der Waals surface area contributed by atoms with Crippen molar-refractivity contribution < 1.29 is 18.0 Å². The average molecular weight is 314 g/mol. The Bertz CT molecular complexity index is 317. The number of likely N-dealkylation sites (tertiary alicyclic amines) is 1. The van der Waals surface area contributed by atoms with Crippen molar-refractivity contribution in [3.63, 3.8) is 0 Å². The fourth-order valence-corrected chi connectivity index (χ4v) is 2.69. The van der Waals surface area contributed by atoms with Crippen molar-refractivity contribution >= 4 is 21.7 Å². The fourth-order valence-electron chi connectivity index (χ4n) is 2.17. The van der Waals surface area contributed by atoms with Gasteiger partial charge in [0.2, 0.25) is 0 Å². The summed E-state index contributed by atoms with van der Waals surface area (Å²) in [5, 5.41) is 0. The van der Waals surface area contributed by atoms with Gasteiger partial charge >= 0.3 is 6.18 Å². The van der Waals surface area contributed by atoms with E-state index in [9.17, 15) is 18.0 Å². The van der Waals surface area contributed by atoms with Crippen LogP contribution in [-0.4, -0.2) is 29.9 Å². The summed E-state index contributed by atoms with van der Waals surface area (Å²) in [6, 6.07) is 0. The Morgan fingerprint density at radius 2 is 1.76 bits per heavy atom. The van der Waals surface area contributed by atoms with Crippen molar-refractivity contribution in [1.29, 1.82) is 0 Å². The van der Waals surface area contributed by atoms with Crippen molar-refractivity contribution in [3.8, 4) is 0 Å². The first-order chi connectivity index (χ1) is 7.70. The number of allylic oxidation sites excluding steroid dienone is 1. The molecule has 17 heavy (non-hydrogen) atoms. The van der Waals surface area contributed by atoms with Gasteiger partial charge in [-0.05, 0) is 34.2 Å². The number of halogens is 4. The quantitative estimate of drug-likeness (QED) is 0.729. The van der Waals surface area contributed by atoms with Crippen molar-refractivity contribution in [2.24, 2.45) is 11.8 Å². The molecule has 1 fully saturated rings. The van der Waals surface area contributed by atoms with Gasteiger partial charge in [0.25, 0.3) is 5.78 Å². The molecule has 6 heteroatoms. The summed E-state index contributed by atoms with van der Waals surface area (Å²) in [6.45, 7) is 5.47. The van der Waals surface area contributed by atoms with Gasteiger partial charge in [-0.15, -0.1) is 0 Å². The monoisotopic (exact) mass is 313 g/mol. The lowest BCUT2D eigenvalue weighted by molar-refractivity contribution is -0.165. The van der Waals surface area contributed by atoms with Gasteiger partial charge in [0.05, 0.1) is 4.48 Å². The number of carbonyl (C=O) groups is 1. The van der Waals surface area contributed by atoms with Crippen molar-refractivity contribution in [1.82, 2.24) is 4.90 Å². The van der Waals surface area contributed by atoms with E-state index < -0.39 is 16.4 Å². The summed E-state index contributed by atoms with van der Waals surface area (Å²) >= 11 is 2.70. The molecule has 0 bridgehead atoms. The van der Waals surface area contributed by atoms with Crippen LogP contribution in [0, 0.1) is 11.8 Å². The summed E-state index contributed by atoms with van der Waals surface area (Å²) in [5.41, 5.74) is 0. The highest BCUT2D eigenvalue weighted by Gasteiger charge is 2.40. The zero-order valence-electron chi connectivity index (χ0n) is 9.72. The molecule has 0 aliphatic carbocycles. The number of alkyl halides is 3. The van der Waals surface area contributed by atoms with Crippen LogP contribution in [0.15, 0.2) is 10.7 Å². The lowest BCUT2D eigenvalue weighted by atomic mass is 9.92. The number of nitrogens with zero attached hydrogens (tertiary/aromatic N) is 1. The molecule has 1 heterocycles. The molecule has 98 valence electrons. The molecular formula is C11H15BrF3NO. The maximum Gasteiger partial charge on any atom is 0.455 e. The van der Waals surface area contributed by atoms with Gasteiger partial charge in [-0.25, -0.2) is 0 Å². The van der Waals surface area contributed by atoms with E-state index in [1.807, 2.05) is 0 Å². The first kappa shape index (κ1) is 14.5. The minimum absolute atomic E-state index is 0.425. The van der Waals surface area contributed by atoms with E-state index in [0.29, 0.717) is 24.9 Å². The summed E-state index contributed by atoms with van der Waals surface area (Å²) in [4.78, 5) is 12.7. The number of piperidine rings is 1. The molecule has 1 saturated heterocycles. The third-order valence-electron chi connectivity index (χ3n) is 2.67. The molecule has 0 spiro atoms. The van der Waals surface area contributed by atoms with Crippen LogP contribution in [0.3, 0.4) is 0 Å². The van der Waals surface area contributed by atoms with Gasteiger partial charge in [-0.1, -0.05) is 13.8 Å². The Balaban J connectivity index is 2.71. The van der Waals surface area contributed by atoms with Gasteiger partial charge in [0.15, 0.2) is 0 Å². The van der Waals surface area contributed by atoms with Gasteiger partial charge in [-0.3, -0.25) is 4.79 Å². The molecule has 0 saturated carbocycles. The zero-order chi connectivity index (χ0) is 13.2. The number of hydrogen-bond donors (Lipinski definition) is 0. The molecule has 0 unspecified atom stereocenters. The van der Waals surface area contributed by atoms with Crippen LogP contribution < -0.4 is 0 Å². The molecular weight excluding hydrogens is 299 g/mol. The van der Waals surface area contributed by atoms with Crippen LogP contribution in [-0.2, 0) is 4.79 Å². The van der Waals surface area contributed by atoms with E-state index in [2.05, 4.69) is 29.8 Å². The molecule has 1 aliphatic rings. The molecule has 1 aliphatic heterocycles. The summed E-state index contributed by atoms with van der Waals surface area (Å²) in [5.74, 6) is -0.976. The van der Waals surface area contributed by atoms with Gasteiger partial charge < -0.3 is 4.90 Å². The van der Waals surface area contributed by atoms with Crippen molar-refractivity contribution in [2.75, 3.05) is 13.1 Å². The first-order valence-corrected chi connectivity index (χ1v) is 6.22. The Labute approximate surface area is 107 Å². The van der Waals surface area contributed by atoms with E-state index in [1.165, 1.54) is 6.20 Å². The van der Waals surface area contributed by atoms with Crippen LogP contribution in [0.1, 0.15) is 20.3 Å². The second-order valence-electron chi connectivity index (χ2n) is 4.70. The Kier molecular flexibility index (Phi) is 4.63. The highest BCUT2D eigenvalue weighted by molar-refractivity contribution is 9.12. The highest BCUT2D eigenvalue weighted by Crippen LogP contribution is 2.26. The minimum atomic E-state index is -4.82. The molecule has 1 rings (SSSR count). The summed E-state index contributed by atoms with van der Waals surface area (Å²) < 4.78 is 36.1. The SMILES string of the molecule is C[C@@H]1C[C@@H](C)CN(C=C(Br)C(=O)C(F)(F)F)C1. The predicted octanol–water partition coefficient (Wildman–Crippen LogP) is 3.33. The van der Waals surface area contributed by atoms with Crippen LogP contribution in [0.5, 0.6) is 0 Å². The molecule has 0 aromatic heterocycles. The molecule has 2 nitrogen and oxygen atoms in total. The topological polar surface area (TPSA) is 20.3 Å². The van der Waals surface area contributed by atoms with Gasteiger partial charge in [0, 0.05) is 19.3 Å². The third kappa shape index (κ3) is 4.33. The highest BCUT2D eigenvalue weighted by atomic mass is 79.9. The summed E-state index contributed by atoms with van der Waals surface area (Å²) in [7, 11) is 0. The van der Waals surface area contributed by atoms with E-state index in [0.717, 1.165) is 6.42 Å². The van der Waals surface area contributed by atoms with Crippen molar-refractivity contribution in [2.45, 2.75) is 26.4 Å². The third-order valence-corrected chi connectivity index (χ3v) is 3.23. The molecule has 2 atom stereocenters. The second-order valence-corrected chi connectivity index (χ2v) is 5.56. The molecule has 0 amide bonds. The Morgan fingerprint density at radius 1 is 1.29 bits per heavy atom.